The Kier molecular flexibility index (Phi) is 7.72. The number of nitrogens with zero attached hydrogens (tertiary/aromatic N) is 3. The minimum Gasteiger partial charge on any atom is -0.497 e. The normalized spacial score (nSPS) is 11.7. The number of carbonyl (C=O) groups is 1. The minimum atomic E-state index is -0.390. The maximum atomic E-state index is 12.9. The van der Waals surface area contributed by atoms with E-state index in [0.29, 0.717) is 16.7 Å². The molecule has 1 aromatic heterocycles. The molecular formula is C27H28N4O3S. The maximum absolute atomic E-state index is 12.9. The van der Waals surface area contributed by atoms with Crippen molar-refractivity contribution in [3.63, 3.8) is 0 Å². The number of thioether (sulfide) groups is 1. The Morgan fingerprint density at radius 2 is 1.69 bits per heavy atom. The quantitative estimate of drug-likeness (QED) is 0.310. The topological polar surface area (TPSA) is 78.3 Å². The number of hydrogen-bond acceptors (Lipinski definition) is 6. The van der Waals surface area contributed by atoms with Crippen LogP contribution >= 0.6 is 11.8 Å². The summed E-state index contributed by atoms with van der Waals surface area (Å²) in [6, 6.07) is 23.1. The average Bonchev–Trinajstić information content (AvgIpc) is 3.28. The molecule has 0 saturated heterocycles. The molecule has 0 fully saturated rings. The van der Waals surface area contributed by atoms with Gasteiger partial charge in [0.25, 0.3) is 0 Å². The van der Waals surface area contributed by atoms with E-state index in [2.05, 4.69) is 15.5 Å². The first kappa shape index (κ1) is 24.3. The third-order valence-electron chi connectivity index (χ3n) is 5.57. The van der Waals surface area contributed by atoms with Crippen molar-refractivity contribution in [3.05, 3.63) is 89.7 Å². The summed E-state index contributed by atoms with van der Waals surface area (Å²) >= 11 is 1.35. The fraction of sp³-hybridized carbons (Fsp3) is 0.222. The lowest BCUT2D eigenvalue weighted by molar-refractivity contribution is -0.115. The van der Waals surface area contributed by atoms with E-state index in [4.69, 9.17) is 9.47 Å². The van der Waals surface area contributed by atoms with Crippen LogP contribution in [-0.2, 0) is 11.4 Å². The van der Waals surface area contributed by atoms with Crippen LogP contribution in [0.15, 0.2) is 78.0 Å². The molecule has 0 aliphatic heterocycles. The third-order valence-corrected chi connectivity index (χ3v) is 6.61. The van der Waals surface area contributed by atoms with Gasteiger partial charge >= 0.3 is 0 Å². The van der Waals surface area contributed by atoms with Crippen molar-refractivity contribution in [2.45, 2.75) is 37.8 Å². The Morgan fingerprint density at radius 1 is 0.971 bits per heavy atom. The molecule has 1 N–H and O–H groups in total. The molecular weight excluding hydrogens is 460 g/mol. The van der Waals surface area contributed by atoms with Crippen molar-refractivity contribution in [1.29, 1.82) is 0 Å². The molecule has 1 heterocycles. The number of hydrogen-bond donors (Lipinski definition) is 1. The Morgan fingerprint density at radius 3 is 2.37 bits per heavy atom. The molecule has 0 spiro atoms. The summed E-state index contributed by atoms with van der Waals surface area (Å²) in [5.41, 5.74) is 4.00. The van der Waals surface area contributed by atoms with Gasteiger partial charge in [-0.15, -0.1) is 10.2 Å². The van der Waals surface area contributed by atoms with Crippen LogP contribution in [0.3, 0.4) is 0 Å². The molecule has 35 heavy (non-hydrogen) atoms. The fourth-order valence-corrected chi connectivity index (χ4v) is 4.29. The number of carbonyl (C=O) groups excluding carboxylic acids is 1. The number of anilines is 1. The van der Waals surface area contributed by atoms with Crippen LogP contribution in [-0.4, -0.2) is 33.0 Å². The zero-order valence-corrected chi connectivity index (χ0v) is 21.0. The van der Waals surface area contributed by atoms with Crippen LogP contribution in [0.1, 0.15) is 23.9 Å². The molecule has 1 amide bonds. The number of aromatic nitrogens is 3. The Bertz CT molecular complexity index is 1290. The lowest BCUT2D eigenvalue weighted by Crippen LogP contribution is -2.23. The molecule has 8 heteroatoms. The fourth-order valence-electron chi connectivity index (χ4n) is 3.40. The standard InChI is InChI=1S/C27H28N4O3S/c1-18-10-11-21(16-19(18)2)28-26(32)20(3)35-27-30-29-25(31(27)22-8-6-5-7-9-22)17-34-24-14-12-23(33-4)13-15-24/h5-16,20H,17H2,1-4H3,(H,28,32)/t20-/m0/s1. The first-order valence-electron chi connectivity index (χ1n) is 11.3. The molecule has 1 atom stereocenters. The van der Waals surface area contributed by atoms with Gasteiger partial charge in [0.1, 0.15) is 18.1 Å². The van der Waals surface area contributed by atoms with Gasteiger partial charge in [-0.3, -0.25) is 9.36 Å². The van der Waals surface area contributed by atoms with E-state index >= 15 is 0 Å². The van der Waals surface area contributed by atoms with Crippen LogP contribution in [0, 0.1) is 13.8 Å². The first-order valence-corrected chi connectivity index (χ1v) is 12.1. The predicted molar refractivity (Wildman–Crippen MR) is 139 cm³/mol. The highest BCUT2D eigenvalue weighted by Crippen LogP contribution is 2.27. The van der Waals surface area contributed by atoms with Crippen LogP contribution in [0.2, 0.25) is 0 Å². The van der Waals surface area contributed by atoms with Crippen molar-refractivity contribution in [2.24, 2.45) is 0 Å². The highest BCUT2D eigenvalue weighted by atomic mass is 32.2. The van der Waals surface area contributed by atoms with E-state index in [1.165, 1.54) is 17.3 Å². The molecule has 0 radical (unpaired) electrons. The predicted octanol–water partition coefficient (Wildman–Crippen LogP) is 5.59. The number of para-hydroxylation sites is 1. The molecule has 0 aliphatic carbocycles. The third kappa shape index (κ3) is 6.02. The number of benzene rings is 3. The van der Waals surface area contributed by atoms with Crippen molar-refractivity contribution in [2.75, 3.05) is 12.4 Å². The van der Waals surface area contributed by atoms with Gasteiger partial charge in [0.2, 0.25) is 5.91 Å². The highest BCUT2D eigenvalue weighted by Gasteiger charge is 2.21. The Balaban J connectivity index is 1.51. The van der Waals surface area contributed by atoms with E-state index in [0.717, 1.165) is 22.7 Å². The molecule has 7 nitrogen and oxygen atoms in total. The van der Waals surface area contributed by atoms with E-state index < -0.39 is 5.25 Å². The number of rotatable bonds is 9. The zero-order chi connectivity index (χ0) is 24.8. The highest BCUT2D eigenvalue weighted by molar-refractivity contribution is 8.00. The van der Waals surface area contributed by atoms with Gasteiger partial charge in [-0.05, 0) is 80.4 Å². The number of amides is 1. The van der Waals surface area contributed by atoms with Gasteiger partial charge in [-0.2, -0.15) is 0 Å². The van der Waals surface area contributed by atoms with Crippen molar-refractivity contribution < 1.29 is 14.3 Å². The molecule has 0 unspecified atom stereocenters. The molecule has 4 aromatic rings. The summed E-state index contributed by atoms with van der Waals surface area (Å²) in [5, 5.41) is 12.0. The second-order valence-corrected chi connectivity index (χ2v) is 9.39. The molecule has 3 aromatic carbocycles. The average molecular weight is 489 g/mol. The molecule has 0 saturated carbocycles. The SMILES string of the molecule is COc1ccc(OCc2nnc(S[C@@H](C)C(=O)Nc3ccc(C)c(C)c3)n2-c2ccccc2)cc1. The van der Waals surface area contributed by atoms with Gasteiger partial charge in [0.15, 0.2) is 11.0 Å². The van der Waals surface area contributed by atoms with E-state index in [1.54, 1.807) is 7.11 Å². The van der Waals surface area contributed by atoms with Gasteiger partial charge in [-0.25, -0.2) is 0 Å². The molecule has 0 bridgehead atoms. The summed E-state index contributed by atoms with van der Waals surface area (Å²) in [5.74, 6) is 1.99. The Labute approximate surface area is 209 Å². The summed E-state index contributed by atoms with van der Waals surface area (Å²) in [4.78, 5) is 12.9. The van der Waals surface area contributed by atoms with Crippen LogP contribution < -0.4 is 14.8 Å². The second kappa shape index (κ2) is 11.1. The minimum absolute atomic E-state index is 0.100. The smallest absolute Gasteiger partial charge is 0.237 e. The van der Waals surface area contributed by atoms with Gasteiger partial charge < -0.3 is 14.8 Å². The Hall–Kier alpha value is -3.78. The van der Waals surface area contributed by atoms with Gasteiger partial charge in [0.05, 0.1) is 12.4 Å². The van der Waals surface area contributed by atoms with Gasteiger partial charge in [-0.1, -0.05) is 36.0 Å². The monoisotopic (exact) mass is 488 g/mol. The van der Waals surface area contributed by atoms with E-state index in [1.807, 2.05) is 98.1 Å². The number of aryl methyl sites for hydroxylation is 2. The summed E-state index contributed by atoms with van der Waals surface area (Å²) in [6.07, 6.45) is 0. The second-order valence-electron chi connectivity index (χ2n) is 8.08. The van der Waals surface area contributed by atoms with Crippen molar-refractivity contribution >= 4 is 23.4 Å². The van der Waals surface area contributed by atoms with Crippen LogP contribution in [0.4, 0.5) is 5.69 Å². The first-order chi connectivity index (χ1) is 16.9. The number of methoxy groups -OCH3 is 1. The number of nitrogens with one attached hydrogen (secondary N) is 1. The zero-order valence-electron chi connectivity index (χ0n) is 20.2. The summed E-state index contributed by atoms with van der Waals surface area (Å²) in [7, 11) is 1.63. The molecule has 0 aliphatic rings. The maximum Gasteiger partial charge on any atom is 0.237 e. The van der Waals surface area contributed by atoms with Crippen molar-refractivity contribution in [1.82, 2.24) is 14.8 Å². The summed E-state index contributed by atoms with van der Waals surface area (Å²) in [6.45, 7) is 6.16. The van der Waals surface area contributed by atoms with E-state index in [-0.39, 0.29) is 12.5 Å². The van der Waals surface area contributed by atoms with Gasteiger partial charge in [0, 0.05) is 11.4 Å². The van der Waals surface area contributed by atoms with E-state index in [9.17, 15) is 4.79 Å². The van der Waals surface area contributed by atoms with Crippen LogP contribution in [0.5, 0.6) is 11.5 Å². The van der Waals surface area contributed by atoms with Crippen LogP contribution in [0.25, 0.3) is 5.69 Å². The lowest BCUT2D eigenvalue weighted by Gasteiger charge is -2.15. The summed E-state index contributed by atoms with van der Waals surface area (Å²) < 4.78 is 13.1. The van der Waals surface area contributed by atoms with Crippen molar-refractivity contribution in [3.8, 4) is 17.2 Å². The molecule has 4 rings (SSSR count). The molecule has 180 valence electrons. The lowest BCUT2D eigenvalue weighted by atomic mass is 10.1. The number of ether oxygens (including phenoxy) is 2. The largest absolute Gasteiger partial charge is 0.497 e.